The van der Waals surface area contributed by atoms with Crippen LogP contribution in [0.15, 0.2) is 58.4 Å². The summed E-state index contributed by atoms with van der Waals surface area (Å²) in [5, 5.41) is 0.557. The van der Waals surface area contributed by atoms with E-state index in [0.29, 0.717) is 23.7 Å². The Morgan fingerprint density at radius 1 is 1.11 bits per heavy atom. The van der Waals surface area contributed by atoms with Crippen LogP contribution >= 0.6 is 11.6 Å². The summed E-state index contributed by atoms with van der Waals surface area (Å²) in [6, 6.07) is 13.1. The molecule has 4 heterocycles. The van der Waals surface area contributed by atoms with Crippen LogP contribution in [0.1, 0.15) is 24.6 Å². The number of benzene rings is 1. The molecule has 2 aliphatic rings. The van der Waals surface area contributed by atoms with E-state index >= 15 is 0 Å². The largest absolute Gasteiger partial charge is 0.485 e. The predicted molar refractivity (Wildman–Crippen MR) is 110 cm³/mol. The van der Waals surface area contributed by atoms with Crippen molar-refractivity contribution in [1.29, 1.82) is 0 Å². The van der Waals surface area contributed by atoms with Crippen LogP contribution in [-0.2, 0) is 6.61 Å². The molecule has 5 nitrogen and oxygen atoms in total. The number of hydrogen-bond donors (Lipinski definition) is 0. The van der Waals surface area contributed by atoms with Crippen molar-refractivity contribution in [2.45, 2.75) is 25.5 Å². The minimum absolute atomic E-state index is 0.00236. The first-order chi connectivity index (χ1) is 13.7. The van der Waals surface area contributed by atoms with E-state index in [4.69, 9.17) is 16.3 Å². The van der Waals surface area contributed by atoms with E-state index in [1.165, 1.54) is 0 Å². The number of aromatic nitrogens is 2. The van der Waals surface area contributed by atoms with E-state index in [1.807, 2.05) is 47.2 Å². The van der Waals surface area contributed by atoms with Crippen LogP contribution in [0, 0.1) is 0 Å². The van der Waals surface area contributed by atoms with Crippen molar-refractivity contribution in [3.8, 4) is 28.1 Å². The van der Waals surface area contributed by atoms with Gasteiger partial charge in [0.05, 0.1) is 18.3 Å². The second-order valence-electron chi connectivity index (χ2n) is 6.99. The van der Waals surface area contributed by atoms with Gasteiger partial charge in [-0.25, -0.2) is 0 Å². The standard InChI is InChI=1S/C22H18ClN3O2/c23-18-7-2-1-6-15(18)16-11-17-19(13-28-20-8-4-10-25-21(17)20)26(22(16)27)14-5-3-9-24-12-14/h1-2,4,6-11,14H,3,5,12-13H2. The van der Waals surface area contributed by atoms with Gasteiger partial charge in [-0.3, -0.25) is 14.8 Å². The van der Waals surface area contributed by atoms with Crippen LogP contribution < -0.4 is 10.3 Å². The fourth-order valence-corrected chi connectivity index (χ4v) is 4.23. The second-order valence-corrected chi connectivity index (χ2v) is 7.40. The fraction of sp³-hybridized carbons (Fsp3) is 0.227. The maximum Gasteiger partial charge on any atom is 0.259 e. The number of nitrogens with zero attached hydrogens (tertiary/aromatic N) is 3. The Morgan fingerprint density at radius 3 is 2.82 bits per heavy atom. The van der Waals surface area contributed by atoms with E-state index in [0.717, 1.165) is 41.1 Å². The first kappa shape index (κ1) is 17.2. The Kier molecular flexibility index (Phi) is 4.24. The third-order valence-corrected chi connectivity index (χ3v) is 5.66. The molecule has 0 spiro atoms. The summed E-state index contributed by atoms with van der Waals surface area (Å²) in [6.45, 7) is 0.930. The molecule has 2 aliphatic heterocycles. The lowest BCUT2D eigenvalue weighted by molar-refractivity contribution is 0.279. The van der Waals surface area contributed by atoms with Gasteiger partial charge in [-0.05, 0) is 43.3 Å². The highest BCUT2D eigenvalue weighted by Gasteiger charge is 2.28. The number of ether oxygens (including phenoxy) is 1. The van der Waals surface area contributed by atoms with Crippen LogP contribution in [0.4, 0.5) is 0 Å². The summed E-state index contributed by atoms with van der Waals surface area (Å²) in [5.74, 6) is 0.729. The van der Waals surface area contributed by atoms with Crippen molar-refractivity contribution in [1.82, 2.24) is 9.55 Å². The number of pyridine rings is 2. The van der Waals surface area contributed by atoms with E-state index in [1.54, 1.807) is 12.3 Å². The van der Waals surface area contributed by atoms with Gasteiger partial charge in [0.1, 0.15) is 18.1 Å². The minimum Gasteiger partial charge on any atom is -0.485 e. The first-order valence-electron chi connectivity index (χ1n) is 9.34. The van der Waals surface area contributed by atoms with Gasteiger partial charge in [-0.2, -0.15) is 0 Å². The Morgan fingerprint density at radius 2 is 2.00 bits per heavy atom. The van der Waals surface area contributed by atoms with Crippen LogP contribution in [0.5, 0.6) is 5.75 Å². The SMILES string of the molecule is O=c1c(-c2ccccc2Cl)cc2c(n1C1CCC=NC1)COc1cccnc1-2. The summed E-state index contributed by atoms with van der Waals surface area (Å²) in [5.41, 5.74) is 3.79. The van der Waals surface area contributed by atoms with Crippen molar-refractivity contribution in [3.05, 3.63) is 69.7 Å². The molecule has 1 aromatic carbocycles. The highest BCUT2D eigenvalue weighted by atomic mass is 35.5. The lowest BCUT2D eigenvalue weighted by Gasteiger charge is -2.29. The lowest BCUT2D eigenvalue weighted by atomic mass is 9.97. The smallest absolute Gasteiger partial charge is 0.259 e. The van der Waals surface area contributed by atoms with E-state index in [9.17, 15) is 4.79 Å². The molecule has 0 saturated carbocycles. The average Bonchev–Trinajstić information content (AvgIpc) is 2.74. The number of hydrogen-bond acceptors (Lipinski definition) is 4. The lowest BCUT2D eigenvalue weighted by Crippen LogP contribution is -2.33. The molecular weight excluding hydrogens is 374 g/mol. The molecule has 0 bridgehead atoms. The monoisotopic (exact) mass is 391 g/mol. The maximum atomic E-state index is 13.6. The molecule has 0 aliphatic carbocycles. The summed E-state index contributed by atoms with van der Waals surface area (Å²) in [7, 11) is 0. The molecule has 3 aromatic rings. The highest BCUT2D eigenvalue weighted by molar-refractivity contribution is 6.33. The third-order valence-electron chi connectivity index (χ3n) is 5.33. The Hall–Kier alpha value is -2.92. The summed E-state index contributed by atoms with van der Waals surface area (Å²) in [4.78, 5) is 22.5. The fourth-order valence-electron chi connectivity index (χ4n) is 3.99. The summed E-state index contributed by atoms with van der Waals surface area (Å²) in [6.07, 6.45) is 5.40. The van der Waals surface area contributed by atoms with Gasteiger partial charge in [0, 0.05) is 27.9 Å². The summed E-state index contributed by atoms with van der Waals surface area (Å²) >= 11 is 6.44. The van der Waals surface area contributed by atoms with Crippen LogP contribution in [0.25, 0.3) is 22.4 Å². The quantitative estimate of drug-likeness (QED) is 0.645. The number of rotatable bonds is 2. The predicted octanol–water partition coefficient (Wildman–Crippen LogP) is 4.53. The molecule has 0 amide bonds. The van der Waals surface area contributed by atoms with Crippen LogP contribution in [0.3, 0.4) is 0 Å². The van der Waals surface area contributed by atoms with Gasteiger partial charge in [0.25, 0.3) is 5.56 Å². The van der Waals surface area contributed by atoms with Crippen molar-refractivity contribution < 1.29 is 4.74 Å². The number of aliphatic imine (C=N–C) groups is 1. The molecule has 0 saturated heterocycles. The van der Waals surface area contributed by atoms with Gasteiger partial charge in [-0.15, -0.1) is 0 Å². The van der Waals surface area contributed by atoms with E-state index < -0.39 is 0 Å². The molecule has 6 heteroatoms. The molecule has 1 unspecified atom stereocenters. The molecule has 5 rings (SSSR count). The van der Waals surface area contributed by atoms with Crippen molar-refractivity contribution in [2.75, 3.05) is 6.54 Å². The zero-order valence-electron chi connectivity index (χ0n) is 15.1. The third kappa shape index (κ3) is 2.74. The Balaban J connectivity index is 1.82. The Bertz CT molecular complexity index is 1150. The van der Waals surface area contributed by atoms with Crippen molar-refractivity contribution >= 4 is 17.8 Å². The topological polar surface area (TPSA) is 56.5 Å². The molecule has 1 atom stereocenters. The molecular formula is C22H18ClN3O2. The number of fused-ring (bicyclic) bond motifs is 3. The molecule has 0 fully saturated rings. The second kappa shape index (κ2) is 6.91. The van der Waals surface area contributed by atoms with Crippen molar-refractivity contribution in [2.24, 2.45) is 4.99 Å². The van der Waals surface area contributed by atoms with Gasteiger partial charge in [0.2, 0.25) is 0 Å². The van der Waals surface area contributed by atoms with E-state index in [-0.39, 0.29) is 11.6 Å². The molecule has 28 heavy (non-hydrogen) atoms. The minimum atomic E-state index is -0.0584. The average molecular weight is 392 g/mol. The van der Waals surface area contributed by atoms with Gasteiger partial charge < -0.3 is 9.30 Å². The van der Waals surface area contributed by atoms with Gasteiger partial charge in [-0.1, -0.05) is 29.8 Å². The normalized spacial score (nSPS) is 17.5. The molecule has 2 aromatic heterocycles. The first-order valence-corrected chi connectivity index (χ1v) is 9.71. The highest BCUT2D eigenvalue weighted by Crippen LogP contribution is 2.39. The van der Waals surface area contributed by atoms with E-state index in [2.05, 4.69) is 9.98 Å². The zero-order valence-corrected chi connectivity index (χ0v) is 15.9. The Labute approximate surface area is 167 Å². The zero-order chi connectivity index (χ0) is 19.1. The van der Waals surface area contributed by atoms with Gasteiger partial charge >= 0.3 is 0 Å². The van der Waals surface area contributed by atoms with Crippen molar-refractivity contribution in [3.63, 3.8) is 0 Å². The molecule has 140 valence electrons. The van der Waals surface area contributed by atoms with Gasteiger partial charge in [0.15, 0.2) is 0 Å². The molecule has 0 radical (unpaired) electrons. The maximum absolute atomic E-state index is 13.6. The summed E-state index contributed by atoms with van der Waals surface area (Å²) < 4.78 is 7.78. The number of halogens is 1. The van der Waals surface area contributed by atoms with Crippen LogP contribution in [-0.4, -0.2) is 22.3 Å². The van der Waals surface area contributed by atoms with Crippen LogP contribution in [0.2, 0.25) is 5.02 Å². The molecule has 0 N–H and O–H groups in total.